The maximum absolute atomic E-state index is 5.13. The number of ether oxygens (including phenoxy) is 1. The van der Waals surface area contributed by atoms with Gasteiger partial charge in [-0.3, -0.25) is 4.98 Å². The van der Waals surface area contributed by atoms with Crippen molar-refractivity contribution in [3.05, 3.63) is 24.0 Å². The lowest BCUT2D eigenvalue weighted by Crippen LogP contribution is -2.20. The molecule has 1 aliphatic rings. The summed E-state index contributed by atoms with van der Waals surface area (Å²) in [7, 11) is 3.56. The summed E-state index contributed by atoms with van der Waals surface area (Å²) in [4.78, 5) is 19.7. The summed E-state index contributed by atoms with van der Waals surface area (Å²) < 4.78 is 5.13. The van der Waals surface area contributed by atoms with E-state index in [0.717, 1.165) is 35.9 Å². The van der Waals surface area contributed by atoms with Crippen molar-refractivity contribution < 1.29 is 4.74 Å². The van der Waals surface area contributed by atoms with Gasteiger partial charge in [-0.25, -0.2) is 15.0 Å². The van der Waals surface area contributed by atoms with Crippen LogP contribution in [0, 0.1) is 0 Å². The summed E-state index contributed by atoms with van der Waals surface area (Å²) in [5.74, 6) is 1.30. The predicted octanol–water partition coefficient (Wildman–Crippen LogP) is 2.08. The summed E-state index contributed by atoms with van der Waals surface area (Å²) in [6.45, 7) is 3.61. The van der Waals surface area contributed by atoms with Gasteiger partial charge in [-0.15, -0.1) is 0 Å². The summed E-state index contributed by atoms with van der Waals surface area (Å²) in [6, 6.07) is 1.93. The molecule has 114 valence electrons. The highest BCUT2D eigenvalue weighted by molar-refractivity contribution is 5.75. The highest BCUT2D eigenvalue weighted by Gasteiger charge is 2.17. The molecule has 0 unspecified atom stereocenters. The predicted molar refractivity (Wildman–Crippen MR) is 85.6 cm³/mol. The SMILES string of the molecule is CCNc1nc(-c2cncc(OC)n2)cc2c1CN(C)C=N2. The topological polar surface area (TPSA) is 75.5 Å². The van der Waals surface area contributed by atoms with Gasteiger partial charge in [0, 0.05) is 25.7 Å². The third kappa shape index (κ3) is 2.69. The number of nitrogens with one attached hydrogen (secondary N) is 1. The fourth-order valence-corrected chi connectivity index (χ4v) is 2.29. The third-order valence-electron chi connectivity index (χ3n) is 3.33. The molecule has 3 heterocycles. The molecule has 0 bridgehead atoms. The molecule has 22 heavy (non-hydrogen) atoms. The van der Waals surface area contributed by atoms with Crippen LogP contribution in [0.25, 0.3) is 11.4 Å². The minimum atomic E-state index is 0.463. The standard InChI is InChI=1S/C15H18N6O/c1-4-17-15-10-8-21(2)9-18-11(10)5-12(20-15)13-6-16-7-14(19-13)22-3/h5-7,9H,4,8H2,1-3H3,(H,17,20). The molecule has 0 fully saturated rings. The molecule has 0 atom stereocenters. The van der Waals surface area contributed by atoms with Gasteiger partial charge < -0.3 is 15.0 Å². The summed E-state index contributed by atoms with van der Waals surface area (Å²) in [5, 5.41) is 3.30. The van der Waals surface area contributed by atoms with Crippen molar-refractivity contribution in [3.8, 4) is 17.3 Å². The molecule has 7 nitrogen and oxygen atoms in total. The van der Waals surface area contributed by atoms with E-state index in [1.807, 2.05) is 31.3 Å². The van der Waals surface area contributed by atoms with Crippen molar-refractivity contribution in [2.75, 3.05) is 26.0 Å². The van der Waals surface area contributed by atoms with Crippen LogP contribution in [0.2, 0.25) is 0 Å². The average molecular weight is 298 g/mol. The van der Waals surface area contributed by atoms with Crippen molar-refractivity contribution in [2.24, 2.45) is 4.99 Å². The quantitative estimate of drug-likeness (QED) is 0.931. The Hall–Kier alpha value is -2.70. The maximum atomic E-state index is 5.13. The molecule has 1 N–H and O–H groups in total. The van der Waals surface area contributed by atoms with Crippen LogP contribution in [0.15, 0.2) is 23.5 Å². The zero-order valence-corrected chi connectivity index (χ0v) is 12.9. The first-order valence-corrected chi connectivity index (χ1v) is 7.10. The van der Waals surface area contributed by atoms with Crippen molar-refractivity contribution >= 4 is 17.8 Å². The molecule has 1 aliphatic heterocycles. The van der Waals surface area contributed by atoms with Gasteiger partial charge in [-0.2, -0.15) is 0 Å². The second kappa shape index (κ2) is 5.97. The molecule has 0 amide bonds. The molecule has 0 spiro atoms. The fraction of sp³-hybridized carbons (Fsp3) is 0.333. The van der Waals surface area contributed by atoms with Gasteiger partial charge in [0.05, 0.1) is 37.2 Å². The van der Waals surface area contributed by atoms with Gasteiger partial charge in [-0.1, -0.05) is 0 Å². The second-order valence-corrected chi connectivity index (χ2v) is 4.99. The Morgan fingerprint density at radius 1 is 1.27 bits per heavy atom. The molecule has 3 rings (SSSR count). The van der Waals surface area contributed by atoms with Crippen LogP contribution in [-0.2, 0) is 6.54 Å². The van der Waals surface area contributed by atoms with Gasteiger partial charge in [0.25, 0.3) is 0 Å². The number of rotatable bonds is 4. The maximum Gasteiger partial charge on any atom is 0.232 e. The molecule has 2 aromatic heterocycles. The molecular formula is C15H18N6O. The van der Waals surface area contributed by atoms with E-state index in [1.165, 1.54) is 0 Å². The van der Waals surface area contributed by atoms with Crippen molar-refractivity contribution in [1.82, 2.24) is 19.9 Å². The van der Waals surface area contributed by atoms with E-state index in [2.05, 4.69) is 25.3 Å². The van der Waals surface area contributed by atoms with Crippen LogP contribution >= 0.6 is 0 Å². The Bertz CT molecular complexity index is 715. The van der Waals surface area contributed by atoms with Gasteiger partial charge in [0.2, 0.25) is 5.88 Å². The van der Waals surface area contributed by atoms with E-state index in [9.17, 15) is 0 Å². The Morgan fingerprint density at radius 2 is 2.14 bits per heavy atom. The lowest BCUT2D eigenvalue weighted by molar-refractivity contribution is 0.396. The molecule has 0 aromatic carbocycles. The zero-order valence-electron chi connectivity index (χ0n) is 12.9. The van der Waals surface area contributed by atoms with Gasteiger partial charge in [0.15, 0.2) is 0 Å². The van der Waals surface area contributed by atoms with Crippen LogP contribution in [0.4, 0.5) is 11.5 Å². The van der Waals surface area contributed by atoms with Crippen LogP contribution in [0.3, 0.4) is 0 Å². The molecule has 2 aromatic rings. The molecule has 0 aliphatic carbocycles. The Labute approximate surface area is 129 Å². The number of aliphatic imine (C=N–C) groups is 1. The molecule has 0 radical (unpaired) electrons. The number of anilines is 1. The Kier molecular flexibility index (Phi) is 3.86. The largest absolute Gasteiger partial charge is 0.480 e. The van der Waals surface area contributed by atoms with Crippen LogP contribution in [-0.4, -0.2) is 46.9 Å². The average Bonchev–Trinajstić information content (AvgIpc) is 2.55. The first-order chi connectivity index (χ1) is 10.7. The number of hydrogen-bond donors (Lipinski definition) is 1. The first-order valence-electron chi connectivity index (χ1n) is 7.10. The Balaban J connectivity index is 2.10. The minimum absolute atomic E-state index is 0.463. The van der Waals surface area contributed by atoms with E-state index in [1.54, 1.807) is 19.5 Å². The van der Waals surface area contributed by atoms with E-state index in [0.29, 0.717) is 11.6 Å². The minimum Gasteiger partial charge on any atom is -0.480 e. The monoisotopic (exact) mass is 298 g/mol. The lowest BCUT2D eigenvalue weighted by Gasteiger charge is -2.22. The summed E-state index contributed by atoms with van der Waals surface area (Å²) in [6.07, 6.45) is 5.06. The summed E-state index contributed by atoms with van der Waals surface area (Å²) >= 11 is 0. The molecule has 7 heteroatoms. The van der Waals surface area contributed by atoms with E-state index < -0.39 is 0 Å². The van der Waals surface area contributed by atoms with Crippen molar-refractivity contribution in [3.63, 3.8) is 0 Å². The highest BCUT2D eigenvalue weighted by atomic mass is 16.5. The number of methoxy groups -OCH3 is 1. The van der Waals surface area contributed by atoms with Crippen molar-refractivity contribution in [1.29, 1.82) is 0 Å². The van der Waals surface area contributed by atoms with Gasteiger partial charge in [0.1, 0.15) is 11.5 Å². The second-order valence-electron chi connectivity index (χ2n) is 4.99. The van der Waals surface area contributed by atoms with E-state index in [-0.39, 0.29) is 0 Å². The molecule has 0 saturated heterocycles. The molecule has 0 saturated carbocycles. The number of pyridine rings is 1. The molecular weight excluding hydrogens is 280 g/mol. The van der Waals surface area contributed by atoms with Gasteiger partial charge in [-0.05, 0) is 13.0 Å². The van der Waals surface area contributed by atoms with Crippen LogP contribution in [0.1, 0.15) is 12.5 Å². The van der Waals surface area contributed by atoms with E-state index in [4.69, 9.17) is 4.74 Å². The Morgan fingerprint density at radius 3 is 2.91 bits per heavy atom. The number of hydrogen-bond acceptors (Lipinski definition) is 7. The van der Waals surface area contributed by atoms with Crippen LogP contribution in [0.5, 0.6) is 5.88 Å². The zero-order chi connectivity index (χ0) is 15.5. The number of fused-ring (bicyclic) bond motifs is 1. The normalized spacial score (nSPS) is 13.0. The lowest BCUT2D eigenvalue weighted by atomic mass is 10.1. The smallest absolute Gasteiger partial charge is 0.232 e. The first kappa shape index (κ1) is 14.2. The van der Waals surface area contributed by atoms with Gasteiger partial charge >= 0.3 is 0 Å². The number of nitrogens with zero attached hydrogens (tertiary/aromatic N) is 5. The number of aromatic nitrogens is 3. The van der Waals surface area contributed by atoms with Crippen molar-refractivity contribution in [2.45, 2.75) is 13.5 Å². The van der Waals surface area contributed by atoms with Crippen LogP contribution < -0.4 is 10.1 Å². The highest BCUT2D eigenvalue weighted by Crippen LogP contribution is 2.33. The fourth-order valence-electron chi connectivity index (χ4n) is 2.29. The third-order valence-corrected chi connectivity index (χ3v) is 3.33. The van der Waals surface area contributed by atoms with E-state index >= 15 is 0 Å². The summed E-state index contributed by atoms with van der Waals surface area (Å²) in [5.41, 5.74) is 3.38.